The van der Waals surface area contributed by atoms with Crippen LogP contribution in [0.15, 0.2) is 34.1 Å². The zero-order chi connectivity index (χ0) is 35.6. The minimum absolute atomic E-state index is 0.00217. The number of nitrogens with zero attached hydrogens (tertiary/aromatic N) is 4. The van der Waals surface area contributed by atoms with Crippen LogP contribution in [0.2, 0.25) is 0 Å². The maximum atomic E-state index is 14.1. The molecule has 0 bridgehead atoms. The third kappa shape index (κ3) is 7.61. The van der Waals surface area contributed by atoms with Crippen LogP contribution in [-0.4, -0.2) is 61.3 Å². The number of hydrogen-bond acceptors (Lipinski definition) is 9. The fourth-order valence-electron chi connectivity index (χ4n) is 5.84. The van der Waals surface area contributed by atoms with Crippen LogP contribution >= 0.6 is 0 Å². The number of nitrogen functional groups attached to an aromatic ring is 2. The molecule has 266 valence electrons. The first-order valence-electron chi connectivity index (χ1n) is 15.5. The first-order valence-corrected chi connectivity index (χ1v) is 15.5. The smallest absolute Gasteiger partial charge is 0.351 e. The summed E-state index contributed by atoms with van der Waals surface area (Å²) >= 11 is 0. The van der Waals surface area contributed by atoms with Crippen LogP contribution in [-0.2, 0) is 14.2 Å². The summed E-state index contributed by atoms with van der Waals surface area (Å²) in [5, 5.41) is 0. The van der Waals surface area contributed by atoms with Crippen molar-refractivity contribution in [1.29, 1.82) is 0 Å². The Labute approximate surface area is 268 Å². The van der Waals surface area contributed by atoms with Gasteiger partial charge in [-0.15, -0.1) is 0 Å². The number of rotatable bonds is 5. The van der Waals surface area contributed by atoms with Crippen LogP contribution in [0.25, 0.3) is 0 Å². The van der Waals surface area contributed by atoms with E-state index in [1.807, 2.05) is 6.92 Å². The molecule has 0 radical (unpaired) electrons. The molecule has 47 heavy (non-hydrogen) atoms. The molecule has 11 nitrogen and oxygen atoms in total. The van der Waals surface area contributed by atoms with E-state index in [4.69, 9.17) is 25.7 Å². The highest BCUT2D eigenvalue weighted by Gasteiger charge is 2.58. The molecule has 5 rings (SSSR count). The normalized spacial score (nSPS) is 33.4. The lowest BCUT2D eigenvalue weighted by Crippen LogP contribution is -2.37. The van der Waals surface area contributed by atoms with Crippen molar-refractivity contribution in [1.82, 2.24) is 19.1 Å². The summed E-state index contributed by atoms with van der Waals surface area (Å²) in [7, 11) is 0. The van der Waals surface area contributed by atoms with Crippen molar-refractivity contribution in [2.75, 3.05) is 11.5 Å². The molecule has 5 unspecified atom stereocenters. The van der Waals surface area contributed by atoms with Crippen molar-refractivity contribution < 1.29 is 40.6 Å². The van der Waals surface area contributed by atoms with Gasteiger partial charge < -0.3 is 25.7 Å². The molecule has 0 saturated carbocycles. The lowest BCUT2D eigenvalue weighted by molar-refractivity contribution is -0.125. The van der Waals surface area contributed by atoms with Gasteiger partial charge >= 0.3 is 11.4 Å². The maximum absolute atomic E-state index is 14.1. The van der Waals surface area contributed by atoms with Crippen LogP contribution < -0.4 is 22.8 Å². The molecule has 5 heterocycles. The van der Waals surface area contributed by atoms with Gasteiger partial charge in [0.15, 0.2) is 0 Å². The zero-order valence-corrected chi connectivity index (χ0v) is 27.4. The van der Waals surface area contributed by atoms with Gasteiger partial charge in [-0.2, -0.15) is 9.97 Å². The van der Waals surface area contributed by atoms with Gasteiger partial charge in [-0.1, -0.05) is 41.5 Å². The number of anilines is 2. The number of nitrogens with two attached hydrogens (primary N) is 2. The van der Waals surface area contributed by atoms with Crippen molar-refractivity contribution in [2.24, 2.45) is 17.8 Å². The summed E-state index contributed by atoms with van der Waals surface area (Å²) in [5.74, 6) is -11.4. The van der Waals surface area contributed by atoms with Crippen LogP contribution in [0.4, 0.5) is 38.0 Å². The Morgan fingerprint density at radius 2 is 0.957 bits per heavy atom. The van der Waals surface area contributed by atoms with E-state index < -0.39 is 77.7 Å². The summed E-state index contributed by atoms with van der Waals surface area (Å²) in [5.41, 5.74) is 8.98. The van der Waals surface area contributed by atoms with E-state index in [1.54, 1.807) is 20.8 Å². The minimum atomic E-state index is -3.11. The number of hydrogen-bond donors (Lipinski definition) is 2. The van der Waals surface area contributed by atoms with E-state index >= 15 is 0 Å². The zero-order valence-electron chi connectivity index (χ0n) is 27.4. The largest absolute Gasteiger partial charge is 0.383 e. The third-order valence-electron chi connectivity index (χ3n) is 9.10. The van der Waals surface area contributed by atoms with Crippen LogP contribution in [0.5, 0.6) is 0 Å². The molecule has 0 amide bonds. The standard InChI is InChI=1S/2C11H15F2N3O2.C8H14F2O/c2*1-3-7-6(2)11(12,13)9(18-7)16-5-4-8(14)15-10(16)17;1-4-7-5(2)8(9,10)6(3)11-7/h2*4-7,9H,3H2,1-2H3,(H2,14,15,17);5-7H,4H2,1-3H3/t6?,7-,9?;6?,7-,9-;5?,6?,7-/m111/s1. The van der Waals surface area contributed by atoms with Crippen molar-refractivity contribution in [3.63, 3.8) is 0 Å². The molecule has 3 saturated heterocycles. The SMILES string of the molecule is CC[C@H]1OC(C)C(F)(F)C1C.CC[C@H]1OC(n2ccc(N)nc2=O)C(F)(F)C1C.CC[C@H]1O[C@@H](n2ccc(N)nc2=O)C(F)(F)C1C. The van der Waals surface area contributed by atoms with Gasteiger partial charge in [0.25, 0.3) is 17.8 Å². The second-order valence-corrected chi connectivity index (χ2v) is 12.1. The molecule has 3 aliphatic rings. The molecule has 2 aromatic rings. The lowest BCUT2D eigenvalue weighted by Gasteiger charge is -2.21. The first kappa shape index (κ1) is 38.3. The van der Waals surface area contributed by atoms with E-state index in [1.165, 1.54) is 45.3 Å². The van der Waals surface area contributed by atoms with E-state index in [2.05, 4.69) is 9.97 Å². The third-order valence-corrected chi connectivity index (χ3v) is 9.10. The summed E-state index contributed by atoms with van der Waals surface area (Å²) in [4.78, 5) is 30.0. The number of halogens is 6. The highest BCUT2D eigenvalue weighted by Crippen LogP contribution is 2.48. The molecular formula is C30H44F6N6O5. The van der Waals surface area contributed by atoms with Crippen LogP contribution in [0.1, 0.15) is 80.2 Å². The summed E-state index contributed by atoms with van der Waals surface area (Å²) in [6.45, 7) is 11.2. The van der Waals surface area contributed by atoms with Gasteiger partial charge in [0.1, 0.15) is 17.7 Å². The molecular weight excluding hydrogens is 638 g/mol. The highest BCUT2D eigenvalue weighted by molar-refractivity contribution is 5.24. The molecule has 0 aliphatic carbocycles. The predicted molar refractivity (Wildman–Crippen MR) is 161 cm³/mol. The van der Waals surface area contributed by atoms with Crippen molar-refractivity contribution in [2.45, 2.75) is 122 Å². The lowest BCUT2D eigenvalue weighted by atomic mass is 9.96. The molecule has 2 aromatic heterocycles. The Morgan fingerprint density at radius 3 is 1.19 bits per heavy atom. The molecule has 3 aliphatic heterocycles. The maximum Gasteiger partial charge on any atom is 0.351 e. The molecule has 17 heteroatoms. The Morgan fingerprint density at radius 1 is 0.638 bits per heavy atom. The van der Waals surface area contributed by atoms with Crippen LogP contribution in [0.3, 0.4) is 0 Å². The van der Waals surface area contributed by atoms with Gasteiger partial charge in [0.2, 0.25) is 12.5 Å². The molecule has 0 aromatic carbocycles. The van der Waals surface area contributed by atoms with E-state index in [0.29, 0.717) is 19.3 Å². The first-order chi connectivity index (χ1) is 21.7. The second kappa shape index (κ2) is 14.5. The number of aromatic nitrogens is 4. The topological polar surface area (TPSA) is 150 Å². The summed E-state index contributed by atoms with van der Waals surface area (Å²) in [6.07, 6.45) is -1.58. The average molecular weight is 683 g/mol. The van der Waals surface area contributed by atoms with Gasteiger partial charge in [0, 0.05) is 18.3 Å². The van der Waals surface area contributed by atoms with Gasteiger partial charge in [-0.3, -0.25) is 9.13 Å². The predicted octanol–water partition coefficient (Wildman–Crippen LogP) is 5.26. The van der Waals surface area contributed by atoms with Gasteiger partial charge in [-0.05, 0) is 38.3 Å². The number of alkyl halides is 6. The van der Waals surface area contributed by atoms with E-state index in [-0.39, 0.29) is 17.7 Å². The van der Waals surface area contributed by atoms with Gasteiger partial charge in [0.05, 0.1) is 30.1 Å². The Kier molecular flexibility index (Phi) is 11.8. The quantitative estimate of drug-likeness (QED) is 0.403. The van der Waals surface area contributed by atoms with Crippen molar-refractivity contribution >= 4 is 11.6 Å². The average Bonchev–Trinajstić information content (AvgIpc) is 3.46. The van der Waals surface area contributed by atoms with Crippen LogP contribution in [0, 0.1) is 17.8 Å². The Hall–Kier alpha value is -3.18. The molecule has 3 fully saturated rings. The van der Waals surface area contributed by atoms with Crippen molar-refractivity contribution in [3.8, 4) is 0 Å². The number of ether oxygens (including phenoxy) is 3. The second-order valence-electron chi connectivity index (χ2n) is 12.1. The Bertz CT molecular complexity index is 1380. The Balaban J connectivity index is 0.000000198. The molecule has 9 atom stereocenters. The molecule has 4 N–H and O–H groups in total. The summed E-state index contributed by atoms with van der Waals surface area (Å²) in [6, 6.07) is 2.59. The minimum Gasteiger partial charge on any atom is -0.383 e. The molecule has 0 spiro atoms. The fourth-order valence-corrected chi connectivity index (χ4v) is 5.84. The summed E-state index contributed by atoms with van der Waals surface area (Å²) < 4.78 is 99.6. The van der Waals surface area contributed by atoms with E-state index in [9.17, 15) is 35.9 Å². The monoisotopic (exact) mass is 682 g/mol. The van der Waals surface area contributed by atoms with Crippen molar-refractivity contribution in [3.05, 3.63) is 45.5 Å². The fraction of sp³-hybridized carbons (Fsp3) is 0.733. The van der Waals surface area contributed by atoms with E-state index in [0.717, 1.165) is 9.13 Å². The highest BCUT2D eigenvalue weighted by atomic mass is 19.3. The van der Waals surface area contributed by atoms with Gasteiger partial charge in [-0.25, -0.2) is 35.9 Å².